The molecule has 2 fully saturated rings. The van der Waals surface area contributed by atoms with Gasteiger partial charge >= 0.3 is 0 Å². The quantitative estimate of drug-likeness (QED) is 0.917. The fraction of sp³-hybridized carbons (Fsp3) is 0.667. The lowest BCUT2D eigenvalue weighted by Gasteiger charge is -2.39. The molecule has 0 bridgehead atoms. The van der Waals surface area contributed by atoms with Gasteiger partial charge in [0.2, 0.25) is 0 Å². The van der Waals surface area contributed by atoms with E-state index in [4.69, 9.17) is 0 Å². The molecule has 0 unspecified atom stereocenters. The largest absolute Gasteiger partial charge is 0.392 e. The Labute approximate surface area is 128 Å². The van der Waals surface area contributed by atoms with E-state index in [0.29, 0.717) is 0 Å². The van der Waals surface area contributed by atoms with E-state index in [9.17, 15) is 5.11 Å². The number of aliphatic hydroxyl groups excluding tert-OH is 1. The van der Waals surface area contributed by atoms with Gasteiger partial charge in [0.15, 0.2) is 0 Å². The molecular formula is C15H22BrN3O. The van der Waals surface area contributed by atoms with Crippen molar-refractivity contribution >= 4 is 21.7 Å². The van der Waals surface area contributed by atoms with Crippen molar-refractivity contribution in [1.82, 2.24) is 9.88 Å². The molecule has 1 aromatic rings. The Morgan fingerprint density at radius 3 is 2.55 bits per heavy atom. The zero-order valence-electron chi connectivity index (χ0n) is 11.8. The molecule has 0 aromatic carbocycles. The van der Waals surface area contributed by atoms with Gasteiger partial charge in [0, 0.05) is 48.5 Å². The van der Waals surface area contributed by atoms with Crippen molar-refractivity contribution in [1.29, 1.82) is 0 Å². The Kier molecular flexibility index (Phi) is 4.58. The molecule has 2 heterocycles. The Bertz CT molecular complexity index is 454. The zero-order chi connectivity index (χ0) is 13.9. The van der Waals surface area contributed by atoms with E-state index in [0.717, 1.165) is 48.1 Å². The van der Waals surface area contributed by atoms with E-state index in [2.05, 4.69) is 30.7 Å². The minimum atomic E-state index is 0.0462. The fourth-order valence-corrected chi connectivity index (χ4v) is 3.82. The molecule has 4 nitrogen and oxygen atoms in total. The van der Waals surface area contributed by atoms with Crippen molar-refractivity contribution in [2.24, 2.45) is 0 Å². The molecule has 1 saturated carbocycles. The molecule has 1 aliphatic carbocycles. The summed E-state index contributed by atoms with van der Waals surface area (Å²) in [6, 6.07) is 2.78. The minimum Gasteiger partial charge on any atom is -0.392 e. The van der Waals surface area contributed by atoms with E-state index in [1.165, 1.54) is 25.7 Å². The zero-order valence-corrected chi connectivity index (χ0v) is 13.3. The Morgan fingerprint density at radius 2 is 1.90 bits per heavy atom. The number of rotatable bonds is 3. The number of hydrogen-bond acceptors (Lipinski definition) is 4. The summed E-state index contributed by atoms with van der Waals surface area (Å²) in [6.45, 7) is 4.31. The molecule has 1 saturated heterocycles. The molecule has 2 aliphatic rings. The maximum absolute atomic E-state index is 9.50. The maximum Gasteiger partial charge on any atom is 0.134 e. The highest BCUT2D eigenvalue weighted by molar-refractivity contribution is 9.10. The number of halogens is 1. The van der Waals surface area contributed by atoms with E-state index in [-0.39, 0.29) is 6.61 Å². The number of aromatic nitrogens is 1. The third kappa shape index (κ3) is 3.00. The lowest BCUT2D eigenvalue weighted by molar-refractivity contribution is 0.187. The molecule has 0 atom stereocenters. The number of anilines is 1. The van der Waals surface area contributed by atoms with E-state index in [1.54, 1.807) is 0 Å². The van der Waals surface area contributed by atoms with Crippen LogP contribution in [0.1, 0.15) is 31.2 Å². The molecule has 1 aliphatic heterocycles. The highest BCUT2D eigenvalue weighted by atomic mass is 79.9. The first-order chi connectivity index (χ1) is 9.78. The molecule has 110 valence electrons. The average Bonchev–Trinajstić information content (AvgIpc) is 3.01. The average molecular weight is 340 g/mol. The van der Waals surface area contributed by atoms with Crippen molar-refractivity contribution < 1.29 is 5.11 Å². The number of piperazine rings is 1. The first kappa shape index (κ1) is 14.3. The molecule has 3 rings (SSSR count). The predicted octanol–water partition coefficient (Wildman–Crippen LogP) is 2.40. The second-order valence-electron chi connectivity index (χ2n) is 5.76. The van der Waals surface area contributed by atoms with Gasteiger partial charge in [0.25, 0.3) is 0 Å². The normalized spacial score (nSPS) is 21.6. The monoisotopic (exact) mass is 339 g/mol. The van der Waals surface area contributed by atoms with Crippen LogP contribution in [0.2, 0.25) is 0 Å². The van der Waals surface area contributed by atoms with Crippen molar-refractivity contribution in [2.45, 2.75) is 38.3 Å². The van der Waals surface area contributed by atoms with Gasteiger partial charge in [0.05, 0.1) is 6.61 Å². The summed E-state index contributed by atoms with van der Waals surface area (Å²) in [5.41, 5.74) is 0.911. The summed E-state index contributed by atoms with van der Waals surface area (Å²) in [6.07, 6.45) is 7.36. The third-order valence-electron chi connectivity index (χ3n) is 4.53. The smallest absolute Gasteiger partial charge is 0.134 e. The van der Waals surface area contributed by atoms with Crippen LogP contribution in [0, 0.1) is 0 Å². The Balaban J connectivity index is 1.65. The first-order valence-electron chi connectivity index (χ1n) is 7.52. The molecule has 1 aromatic heterocycles. The van der Waals surface area contributed by atoms with Crippen LogP contribution in [0.3, 0.4) is 0 Å². The number of aliphatic hydroxyl groups is 1. The third-order valence-corrected chi connectivity index (χ3v) is 4.97. The first-order valence-corrected chi connectivity index (χ1v) is 8.31. The van der Waals surface area contributed by atoms with Gasteiger partial charge in [-0.3, -0.25) is 4.90 Å². The van der Waals surface area contributed by atoms with Crippen LogP contribution in [0.4, 0.5) is 5.82 Å². The van der Waals surface area contributed by atoms with Crippen molar-refractivity contribution in [3.8, 4) is 0 Å². The second-order valence-corrected chi connectivity index (χ2v) is 6.67. The van der Waals surface area contributed by atoms with Gasteiger partial charge in [-0.15, -0.1) is 0 Å². The van der Waals surface area contributed by atoms with Gasteiger partial charge in [0.1, 0.15) is 5.82 Å². The highest BCUT2D eigenvalue weighted by Crippen LogP contribution is 2.27. The Morgan fingerprint density at radius 1 is 1.20 bits per heavy atom. The highest BCUT2D eigenvalue weighted by Gasteiger charge is 2.27. The summed E-state index contributed by atoms with van der Waals surface area (Å²) in [5, 5.41) is 9.50. The summed E-state index contributed by atoms with van der Waals surface area (Å²) in [7, 11) is 0. The number of hydrogen-bond donors (Lipinski definition) is 1. The molecule has 5 heteroatoms. The van der Waals surface area contributed by atoms with Gasteiger partial charge in [-0.2, -0.15) is 0 Å². The Hall–Kier alpha value is -0.650. The number of pyridine rings is 1. The van der Waals surface area contributed by atoms with Crippen molar-refractivity contribution in [2.75, 3.05) is 31.1 Å². The summed E-state index contributed by atoms with van der Waals surface area (Å²) in [4.78, 5) is 9.44. The molecular weight excluding hydrogens is 318 g/mol. The topological polar surface area (TPSA) is 39.6 Å². The molecule has 20 heavy (non-hydrogen) atoms. The van der Waals surface area contributed by atoms with Crippen LogP contribution in [0.25, 0.3) is 0 Å². The van der Waals surface area contributed by atoms with Crippen LogP contribution in [-0.4, -0.2) is 47.2 Å². The molecule has 0 amide bonds. The van der Waals surface area contributed by atoms with Gasteiger partial charge < -0.3 is 10.0 Å². The second kappa shape index (κ2) is 6.41. The molecule has 1 N–H and O–H groups in total. The number of nitrogens with zero attached hydrogens (tertiary/aromatic N) is 3. The van der Waals surface area contributed by atoms with E-state index in [1.807, 2.05) is 12.3 Å². The van der Waals surface area contributed by atoms with Crippen LogP contribution in [0.5, 0.6) is 0 Å². The lowest BCUT2D eigenvalue weighted by atomic mass is 10.1. The lowest BCUT2D eigenvalue weighted by Crippen LogP contribution is -2.50. The van der Waals surface area contributed by atoms with Gasteiger partial charge in [-0.05, 0) is 34.8 Å². The summed E-state index contributed by atoms with van der Waals surface area (Å²) >= 11 is 3.42. The standard InChI is InChI=1S/C15H22BrN3O/c16-13-9-12(11-20)15(17-10-13)19-7-5-18(6-8-19)14-3-1-2-4-14/h9-10,14,20H,1-8,11H2. The van der Waals surface area contributed by atoms with Crippen molar-refractivity contribution in [3.05, 3.63) is 22.3 Å². The van der Waals surface area contributed by atoms with E-state index < -0.39 is 0 Å². The van der Waals surface area contributed by atoms with Crippen LogP contribution in [-0.2, 0) is 6.61 Å². The van der Waals surface area contributed by atoms with Gasteiger partial charge in [-0.1, -0.05) is 12.8 Å². The van der Waals surface area contributed by atoms with Crippen molar-refractivity contribution in [3.63, 3.8) is 0 Å². The van der Waals surface area contributed by atoms with Crippen LogP contribution in [0.15, 0.2) is 16.7 Å². The maximum atomic E-state index is 9.50. The summed E-state index contributed by atoms with van der Waals surface area (Å²) < 4.78 is 0.926. The predicted molar refractivity (Wildman–Crippen MR) is 83.9 cm³/mol. The fourth-order valence-electron chi connectivity index (χ4n) is 3.44. The van der Waals surface area contributed by atoms with Crippen LogP contribution >= 0.6 is 15.9 Å². The molecule has 0 spiro atoms. The SMILES string of the molecule is OCc1cc(Br)cnc1N1CCN(C2CCCC2)CC1. The van der Waals surface area contributed by atoms with Crippen LogP contribution < -0.4 is 4.90 Å². The minimum absolute atomic E-state index is 0.0462. The van der Waals surface area contributed by atoms with E-state index >= 15 is 0 Å². The van der Waals surface area contributed by atoms with Gasteiger partial charge in [-0.25, -0.2) is 4.98 Å². The molecule has 0 radical (unpaired) electrons. The summed E-state index contributed by atoms with van der Waals surface area (Å²) in [5.74, 6) is 0.946.